The van der Waals surface area contributed by atoms with Crippen LogP contribution in [0.2, 0.25) is 0 Å². The number of rotatable bonds is 1. The highest BCUT2D eigenvalue weighted by molar-refractivity contribution is 5.36. The molecule has 72 valence electrons. The van der Waals surface area contributed by atoms with Crippen LogP contribution in [0.3, 0.4) is 0 Å². The summed E-state index contributed by atoms with van der Waals surface area (Å²) in [5, 5.41) is 3.34. The minimum absolute atomic E-state index is 0.333. The monoisotopic (exact) mass is 185 g/mol. The van der Waals surface area contributed by atoms with Gasteiger partial charge in [-0.2, -0.15) is 0 Å². The van der Waals surface area contributed by atoms with Gasteiger partial charge in [0.05, 0.1) is 6.04 Å². The lowest BCUT2D eigenvalue weighted by molar-refractivity contribution is 0.740. The fourth-order valence-electron chi connectivity index (χ4n) is 1.73. The van der Waals surface area contributed by atoms with Gasteiger partial charge < -0.3 is 5.32 Å². The number of dihydropyridines is 1. The fraction of sp³-hybridized carbons (Fsp3) is 0.231. The Bertz CT molecular complexity index is 388. The second-order valence-electron chi connectivity index (χ2n) is 3.75. The van der Waals surface area contributed by atoms with Gasteiger partial charge in [-0.15, -0.1) is 0 Å². The second kappa shape index (κ2) is 3.70. The molecule has 0 spiro atoms. The van der Waals surface area contributed by atoms with Crippen molar-refractivity contribution in [2.45, 2.75) is 19.9 Å². The van der Waals surface area contributed by atoms with Crippen molar-refractivity contribution in [2.24, 2.45) is 0 Å². The molecule has 1 N–H and O–H groups in total. The van der Waals surface area contributed by atoms with Crippen molar-refractivity contribution >= 4 is 0 Å². The quantitative estimate of drug-likeness (QED) is 0.709. The van der Waals surface area contributed by atoms with Crippen LogP contribution in [-0.2, 0) is 0 Å². The molecule has 1 atom stereocenters. The van der Waals surface area contributed by atoms with Gasteiger partial charge in [-0.3, -0.25) is 0 Å². The Hall–Kier alpha value is -1.50. The van der Waals surface area contributed by atoms with Gasteiger partial charge in [0.15, 0.2) is 0 Å². The first-order valence-electron chi connectivity index (χ1n) is 4.94. The zero-order valence-electron chi connectivity index (χ0n) is 8.62. The summed E-state index contributed by atoms with van der Waals surface area (Å²) in [7, 11) is 0. The molecule has 0 bridgehead atoms. The molecular formula is C13H15N. The zero-order chi connectivity index (χ0) is 9.97. The average molecular weight is 185 g/mol. The van der Waals surface area contributed by atoms with Crippen LogP contribution in [0.25, 0.3) is 0 Å². The van der Waals surface area contributed by atoms with E-state index in [0.717, 1.165) is 0 Å². The lowest BCUT2D eigenvalue weighted by Crippen LogP contribution is -2.16. The molecule has 0 radical (unpaired) electrons. The Labute approximate surface area is 85.2 Å². The summed E-state index contributed by atoms with van der Waals surface area (Å²) in [5.41, 5.74) is 4.02. The molecule has 1 aromatic rings. The average Bonchev–Trinajstić information content (AvgIpc) is 2.23. The van der Waals surface area contributed by atoms with E-state index in [0.29, 0.717) is 6.04 Å². The van der Waals surface area contributed by atoms with Crippen LogP contribution in [-0.4, -0.2) is 0 Å². The van der Waals surface area contributed by atoms with Crippen LogP contribution in [0.1, 0.15) is 22.7 Å². The second-order valence-corrected chi connectivity index (χ2v) is 3.75. The number of nitrogens with one attached hydrogen (secondary N) is 1. The van der Waals surface area contributed by atoms with E-state index in [-0.39, 0.29) is 0 Å². The topological polar surface area (TPSA) is 12.0 Å². The predicted octanol–water partition coefficient (Wildman–Crippen LogP) is 3.02. The molecule has 0 aliphatic carbocycles. The fourth-order valence-corrected chi connectivity index (χ4v) is 1.73. The standard InChI is InChI=1S/C13H15N/c1-10-6-7-11(2)12(9-10)13-5-3-4-8-14-13/h3-9,13-14H,1-2H3. The first-order chi connectivity index (χ1) is 6.77. The lowest BCUT2D eigenvalue weighted by Gasteiger charge is -2.18. The van der Waals surface area contributed by atoms with Crippen molar-refractivity contribution in [2.75, 3.05) is 0 Å². The van der Waals surface area contributed by atoms with Crippen LogP contribution in [0.5, 0.6) is 0 Å². The molecule has 0 saturated carbocycles. The summed E-state index contributed by atoms with van der Waals surface area (Å²) < 4.78 is 0. The molecule has 1 aliphatic heterocycles. The maximum absolute atomic E-state index is 3.34. The van der Waals surface area contributed by atoms with Gasteiger partial charge in [0.25, 0.3) is 0 Å². The summed E-state index contributed by atoms with van der Waals surface area (Å²) in [4.78, 5) is 0. The molecule has 2 rings (SSSR count). The minimum atomic E-state index is 0.333. The number of hydrogen-bond acceptors (Lipinski definition) is 1. The molecule has 0 aromatic heterocycles. The normalized spacial score (nSPS) is 19.4. The lowest BCUT2D eigenvalue weighted by atomic mass is 9.98. The zero-order valence-corrected chi connectivity index (χ0v) is 8.62. The van der Waals surface area contributed by atoms with Gasteiger partial charge >= 0.3 is 0 Å². The maximum Gasteiger partial charge on any atom is 0.0698 e. The van der Waals surface area contributed by atoms with Crippen LogP contribution in [0.15, 0.2) is 42.6 Å². The van der Waals surface area contributed by atoms with E-state index in [1.807, 2.05) is 12.3 Å². The molecule has 1 nitrogen and oxygen atoms in total. The molecular weight excluding hydrogens is 170 g/mol. The predicted molar refractivity (Wildman–Crippen MR) is 60.1 cm³/mol. The third-order valence-electron chi connectivity index (χ3n) is 2.56. The molecule has 0 amide bonds. The van der Waals surface area contributed by atoms with Crippen LogP contribution in [0.4, 0.5) is 0 Å². The Balaban J connectivity index is 2.35. The van der Waals surface area contributed by atoms with E-state index in [1.54, 1.807) is 0 Å². The molecule has 0 saturated heterocycles. The van der Waals surface area contributed by atoms with Crippen molar-refractivity contribution in [1.29, 1.82) is 0 Å². The smallest absolute Gasteiger partial charge is 0.0698 e. The number of benzene rings is 1. The van der Waals surface area contributed by atoms with Gasteiger partial charge in [0.1, 0.15) is 0 Å². The number of aryl methyl sites for hydroxylation is 2. The van der Waals surface area contributed by atoms with Crippen LogP contribution in [0, 0.1) is 13.8 Å². The third-order valence-corrected chi connectivity index (χ3v) is 2.56. The summed E-state index contributed by atoms with van der Waals surface area (Å²) in [6.07, 6.45) is 8.28. The first-order valence-corrected chi connectivity index (χ1v) is 4.94. The van der Waals surface area contributed by atoms with E-state index < -0.39 is 0 Å². The molecule has 1 unspecified atom stereocenters. The molecule has 1 heteroatoms. The molecule has 1 aliphatic rings. The third kappa shape index (κ3) is 1.72. The first kappa shape index (κ1) is 9.07. The molecule has 14 heavy (non-hydrogen) atoms. The summed E-state index contributed by atoms with van der Waals surface area (Å²) >= 11 is 0. The minimum Gasteiger partial charge on any atom is -0.381 e. The van der Waals surface area contributed by atoms with Crippen molar-refractivity contribution in [3.63, 3.8) is 0 Å². The van der Waals surface area contributed by atoms with E-state index in [2.05, 4.69) is 49.5 Å². The van der Waals surface area contributed by atoms with Gasteiger partial charge in [0.2, 0.25) is 0 Å². The molecule has 1 heterocycles. The van der Waals surface area contributed by atoms with E-state index >= 15 is 0 Å². The Morgan fingerprint density at radius 1 is 1.14 bits per heavy atom. The van der Waals surface area contributed by atoms with E-state index in [9.17, 15) is 0 Å². The van der Waals surface area contributed by atoms with Crippen LogP contribution < -0.4 is 5.32 Å². The van der Waals surface area contributed by atoms with E-state index in [4.69, 9.17) is 0 Å². The van der Waals surface area contributed by atoms with Gasteiger partial charge in [-0.25, -0.2) is 0 Å². The molecule has 1 aromatic carbocycles. The van der Waals surface area contributed by atoms with Gasteiger partial charge in [-0.1, -0.05) is 35.9 Å². The van der Waals surface area contributed by atoms with Crippen LogP contribution >= 0.6 is 0 Å². The summed E-state index contributed by atoms with van der Waals surface area (Å²) in [5.74, 6) is 0. The highest BCUT2D eigenvalue weighted by Gasteiger charge is 2.09. The highest BCUT2D eigenvalue weighted by Crippen LogP contribution is 2.21. The number of allylic oxidation sites excluding steroid dienone is 2. The maximum atomic E-state index is 3.34. The summed E-state index contributed by atoms with van der Waals surface area (Å²) in [6.45, 7) is 4.29. The SMILES string of the molecule is Cc1ccc(C)c(C2C=CC=CN2)c1. The van der Waals surface area contributed by atoms with Crippen molar-refractivity contribution in [3.05, 3.63) is 59.3 Å². The largest absolute Gasteiger partial charge is 0.381 e. The Morgan fingerprint density at radius 3 is 2.71 bits per heavy atom. The highest BCUT2D eigenvalue weighted by atomic mass is 14.9. The van der Waals surface area contributed by atoms with Gasteiger partial charge in [-0.05, 0) is 37.3 Å². The van der Waals surface area contributed by atoms with E-state index in [1.165, 1.54) is 16.7 Å². The Morgan fingerprint density at radius 2 is 2.00 bits per heavy atom. The van der Waals surface area contributed by atoms with Gasteiger partial charge in [0, 0.05) is 0 Å². The van der Waals surface area contributed by atoms with Crippen molar-refractivity contribution in [3.8, 4) is 0 Å². The number of hydrogen-bond donors (Lipinski definition) is 1. The van der Waals surface area contributed by atoms with Crippen molar-refractivity contribution < 1.29 is 0 Å². The Kier molecular flexibility index (Phi) is 2.40. The van der Waals surface area contributed by atoms with Crippen molar-refractivity contribution in [1.82, 2.24) is 5.32 Å². The summed E-state index contributed by atoms with van der Waals surface area (Å²) in [6, 6.07) is 6.91. The molecule has 0 fully saturated rings.